The molecule has 0 amide bonds. The minimum atomic E-state index is -0.425. The molecule has 1 N–H and O–H groups in total. The largest absolute Gasteiger partial charge is 0.297 e. The first-order chi connectivity index (χ1) is 8.45. The third-order valence-electron chi connectivity index (χ3n) is 2.75. The molecule has 1 aromatic rings. The molecule has 0 bridgehead atoms. The van der Waals surface area contributed by atoms with E-state index in [4.69, 9.17) is 0 Å². The normalized spacial score (nSPS) is 14.2. The zero-order chi connectivity index (χ0) is 13.6. The summed E-state index contributed by atoms with van der Waals surface area (Å²) in [5.74, 6) is 0.951. The Morgan fingerprint density at radius 3 is 2.44 bits per heavy atom. The number of aryl methyl sites for hydroxylation is 1. The summed E-state index contributed by atoms with van der Waals surface area (Å²) in [6, 6.07) is 11.2. The van der Waals surface area contributed by atoms with Crippen LogP contribution < -0.4 is 5.32 Å². The van der Waals surface area contributed by atoms with Gasteiger partial charge >= 0.3 is 0 Å². The molecule has 0 saturated carbocycles. The Kier molecular flexibility index (Phi) is 5.71. The van der Waals surface area contributed by atoms with E-state index in [9.17, 15) is 5.26 Å². The van der Waals surface area contributed by atoms with E-state index in [1.165, 1.54) is 10.5 Å². The Morgan fingerprint density at radius 1 is 1.33 bits per heavy atom. The molecule has 0 fully saturated rings. The van der Waals surface area contributed by atoms with E-state index < -0.39 is 5.54 Å². The number of nitrogens with zero attached hydrogens (tertiary/aromatic N) is 1. The van der Waals surface area contributed by atoms with Crippen LogP contribution in [0.4, 0.5) is 0 Å². The topological polar surface area (TPSA) is 35.8 Å². The van der Waals surface area contributed by atoms with Gasteiger partial charge in [-0.1, -0.05) is 17.7 Å². The lowest BCUT2D eigenvalue weighted by Crippen LogP contribution is -2.45. The van der Waals surface area contributed by atoms with Crippen molar-refractivity contribution in [2.45, 2.75) is 50.6 Å². The lowest BCUT2D eigenvalue weighted by Gasteiger charge is -2.25. The molecule has 0 saturated heterocycles. The SMILES string of the molecule is Cc1ccc(SCCC(C)(C#N)NC(C)C)cc1. The van der Waals surface area contributed by atoms with E-state index in [1.807, 2.05) is 18.7 Å². The van der Waals surface area contributed by atoms with Crippen LogP contribution in [-0.4, -0.2) is 17.3 Å². The van der Waals surface area contributed by atoms with Crippen LogP contribution in [0.15, 0.2) is 29.2 Å². The van der Waals surface area contributed by atoms with Gasteiger partial charge in [0.05, 0.1) is 6.07 Å². The van der Waals surface area contributed by atoms with E-state index in [1.54, 1.807) is 0 Å². The minimum absolute atomic E-state index is 0.332. The maximum absolute atomic E-state index is 9.25. The number of rotatable bonds is 6. The minimum Gasteiger partial charge on any atom is -0.297 e. The van der Waals surface area contributed by atoms with Gasteiger partial charge in [0.1, 0.15) is 5.54 Å². The summed E-state index contributed by atoms with van der Waals surface area (Å²) in [4.78, 5) is 1.27. The zero-order valence-corrected chi connectivity index (χ0v) is 12.5. The van der Waals surface area contributed by atoms with Gasteiger partial charge in [-0.05, 0) is 46.2 Å². The number of hydrogen-bond acceptors (Lipinski definition) is 3. The molecular formula is C15H22N2S. The fourth-order valence-corrected chi connectivity index (χ4v) is 2.88. The Hall–Kier alpha value is -0.980. The van der Waals surface area contributed by atoms with Gasteiger partial charge in [0.15, 0.2) is 0 Å². The fourth-order valence-electron chi connectivity index (χ4n) is 1.80. The molecule has 1 atom stereocenters. The molecule has 0 aliphatic carbocycles. The molecule has 0 aliphatic rings. The van der Waals surface area contributed by atoms with Crippen LogP contribution in [0.1, 0.15) is 32.8 Å². The molecule has 1 rings (SSSR count). The molecule has 0 aliphatic heterocycles. The number of nitriles is 1. The molecule has 0 spiro atoms. The van der Waals surface area contributed by atoms with E-state index in [-0.39, 0.29) is 0 Å². The number of nitrogens with one attached hydrogen (secondary N) is 1. The van der Waals surface area contributed by atoms with Crippen molar-refractivity contribution in [2.24, 2.45) is 0 Å². The van der Waals surface area contributed by atoms with Crippen LogP contribution in [0, 0.1) is 18.3 Å². The summed E-state index contributed by atoms with van der Waals surface area (Å²) in [5.41, 5.74) is 0.856. The molecule has 2 nitrogen and oxygen atoms in total. The van der Waals surface area contributed by atoms with Crippen molar-refractivity contribution in [2.75, 3.05) is 5.75 Å². The third-order valence-corrected chi connectivity index (χ3v) is 3.76. The van der Waals surface area contributed by atoms with E-state index in [2.05, 4.69) is 56.4 Å². The summed E-state index contributed by atoms with van der Waals surface area (Å²) in [6.45, 7) is 8.21. The van der Waals surface area contributed by atoms with Gasteiger partial charge in [-0.3, -0.25) is 5.32 Å². The predicted molar refractivity (Wildman–Crippen MR) is 78.8 cm³/mol. The molecule has 3 heteroatoms. The van der Waals surface area contributed by atoms with Crippen LogP contribution in [-0.2, 0) is 0 Å². The average molecular weight is 262 g/mol. The van der Waals surface area contributed by atoms with Crippen molar-refractivity contribution in [1.29, 1.82) is 5.26 Å². The highest BCUT2D eigenvalue weighted by Crippen LogP contribution is 2.22. The number of thioether (sulfide) groups is 1. The Bertz CT molecular complexity index is 405. The number of benzene rings is 1. The van der Waals surface area contributed by atoms with Gasteiger partial charge in [-0.2, -0.15) is 5.26 Å². The van der Waals surface area contributed by atoms with Gasteiger partial charge in [0.2, 0.25) is 0 Å². The highest BCUT2D eigenvalue weighted by atomic mass is 32.2. The lowest BCUT2D eigenvalue weighted by molar-refractivity contribution is 0.397. The van der Waals surface area contributed by atoms with Crippen LogP contribution in [0.3, 0.4) is 0 Å². The lowest BCUT2D eigenvalue weighted by atomic mass is 10.0. The smallest absolute Gasteiger partial charge is 0.104 e. The second-order valence-electron chi connectivity index (χ2n) is 5.15. The Morgan fingerprint density at radius 2 is 1.94 bits per heavy atom. The van der Waals surface area contributed by atoms with Crippen LogP contribution in [0.25, 0.3) is 0 Å². The molecule has 0 heterocycles. The summed E-state index contributed by atoms with van der Waals surface area (Å²) in [6.07, 6.45) is 0.847. The molecule has 1 aromatic carbocycles. The van der Waals surface area contributed by atoms with Gasteiger partial charge in [-0.25, -0.2) is 0 Å². The van der Waals surface area contributed by atoms with Gasteiger partial charge in [0.25, 0.3) is 0 Å². The second kappa shape index (κ2) is 6.82. The average Bonchev–Trinajstić information content (AvgIpc) is 2.31. The standard InChI is InChI=1S/C15H22N2S/c1-12(2)17-15(4,11-16)9-10-18-14-7-5-13(3)6-8-14/h5-8,12,17H,9-10H2,1-4H3. The quantitative estimate of drug-likeness (QED) is 0.793. The Balaban J connectivity index is 2.45. The van der Waals surface area contributed by atoms with Gasteiger partial charge in [-0.15, -0.1) is 11.8 Å². The molecule has 98 valence electrons. The highest BCUT2D eigenvalue weighted by Gasteiger charge is 2.23. The van der Waals surface area contributed by atoms with Gasteiger partial charge in [0, 0.05) is 16.7 Å². The molecule has 18 heavy (non-hydrogen) atoms. The molecule has 0 radical (unpaired) electrons. The van der Waals surface area contributed by atoms with Crippen LogP contribution in [0.5, 0.6) is 0 Å². The highest BCUT2D eigenvalue weighted by molar-refractivity contribution is 7.99. The molecule has 0 aromatic heterocycles. The second-order valence-corrected chi connectivity index (χ2v) is 6.32. The monoisotopic (exact) mass is 262 g/mol. The zero-order valence-electron chi connectivity index (χ0n) is 11.7. The van der Waals surface area contributed by atoms with E-state index in [0.717, 1.165) is 12.2 Å². The predicted octanol–water partition coefficient (Wildman–Crippen LogP) is 3.76. The summed E-state index contributed by atoms with van der Waals surface area (Å²) < 4.78 is 0. The maximum Gasteiger partial charge on any atom is 0.104 e. The van der Waals surface area contributed by atoms with Crippen molar-refractivity contribution in [3.63, 3.8) is 0 Å². The molecule has 1 unspecified atom stereocenters. The first-order valence-electron chi connectivity index (χ1n) is 6.33. The summed E-state index contributed by atoms with van der Waals surface area (Å²) >= 11 is 1.81. The van der Waals surface area contributed by atoms with Crippen molar-refractivity contribution < 1.29 is 0 Å². The van der Waals surface area contributed by atoms with E-state index >= 15 is 0 Å². The van der Waals surface area contributed by atoms with Gasteiger partial charge < -0.3 is 0 Å². The Labute approximate surface area is 115 Å². The summed E-state index contributed by atoms with van der Waals surface area (Å²) in [7, 11) is 0. The van der Waals surface area contributed by atoms with Crippen molar-refractivity contribution >= 4 is 11.8 Å². The maximum atomic E-state index is 9.25. The third kappa shape index (κ3) is 5.12. The van der Waals surface area contributed by atoms with E-state index in [0.29, 0.717) is 6.04 Å². The first kappa shape index (κ1) is 15.1. The van der Waals surface area contributed by atoms with Crippen LogP contribution in [0.2, 0.25) is 0 Å². The van der Waals surface area contributed by atoms with Crippen molar-refractivity contribution in [3.8, 4) is 6.07 Å². The number of hydrogen-bond donors (Lipinski definition) is 1. The first-order valence-corrected chi connectivity index (χ1v) is 7.32. The molecular weight excluding hydrogens is 240 g/mol. The fraction of sp³-hybridized carbons (Fsp3) is 0.533. The van der Waals surface area contributed by atoms with Crippen molar-refractivity contribution in [1.82, 2.24) is 5.32 Å². The van der Waals surface area contributed by atoms with Crippen LogP contribution >= 0.6 is 11.8 Å². The summed E-state index contributed by atoms with van der Waals surface area (Å²) in [5, 5.41) is 12.6. The van der Waals surface area contributed by atoms with Crippen molar-refractivity contribution in [3.05, 3.63) is 29.8 Å².